The summed E-state index contributed by atoms with van der Waals surface area (Å²) in [4.78, 5) is 0. The van der Waals surface area contributed by atoms with Gasteiger partial charge in [0.1, 0.15) is 0 Å². The van der Waals surface area contributed by atoms with Gasteiger partial charge in [-0.05, 0) is 48.0 Å². The molecule has 0 saturated carbocycles. The Balaban J connectivity index is 2.46. The average molecular weight is 232 g/mol. The highest BCUT2D eigenvalue weighted by Crippen LogP contribution is 2.53. The predicted molar refractivity (Wildman–Crippen MR) is 75.9 cm³/mol. The molecule has 0 heteroatoms. The zero-order valence-electron chi connectivity index (χ0n) is 12.2. The molecule has 0 aliphatic heterocycles. The van der Waals surface area contributed by atoms with Crippen LogP contribution in [0.5, 0.6) is 0 Å². The van der Waals surface area contributed by atoms with Crippen LogP contribution in [-0.4, -0.2) is 0 Å². The molecule has 4 atom stereocenters. The van der Waals surface area contributed by atoms with Crippen LogP contribution >= 0.6 is 0 Å². The summed E-state index contributed by atoms with van der Waals surface area (Å²) < 4.78 is 0. The lowest BCUT2D eigenvalue weighted by Crippen LogP contribution is -2.37. The van der Waals surface area contributed by atoms with Gasteiger partial charge >= 0.3 is 0 Å². The highest BCUT2D eigenvalue weighted by atomic mass is 14.5. The first-order valence-electron chi connectivity index (χ1n) is 7.40. The molecule has 0 aromatic rings. The fraction of sp³-hybridized carbons (Fsp3) is 0.765. The summed E-state index contributed by atoms with van der Waals surface area (Å²) >= 11 is 0. The molecule has 0 heterocycles. The zero-order chi connectivity index (χ0) is 12.6. The highest BCUT2D eigenvalue weighted by Gasteiger charge is 2.42. The van der Waals surface area contributed by atoms with Crippen LogP contribution in [0.2, 0.25) is 0 Å². The van der Waals surface area contributed by atoms with Crippen molar-refractivity contribution in [3.05, 3.63) is 23.3 Å². The van der Waals surface area contributed by atoms with Gasteiger partial charge in [-0.3, -0.25) is 0 Å². The molecule has 0 aromatic heterocycles. The predicted octanol–water partition coefficient (Wildman–Crippen LogP) is 5.36. The minimum atomic E-state index is 0.459. The molecule has 0 aromatic carbocycles. The van der Waals surface area contributed by atoms with Crippen molar-refractivity contribution in [2.45, 2.75) is 60.3 Å². The van der Waals surface area contributed by atoms with Crippen molar-refractivity contribution < 1.29 is 0 Å². The molecule has 0 amide bonds. The van der Waals surface area contributed by atoms with Gasteiger partial charge in [-0.25, -0.2) is 0 Å². The molecular weight excluding hydrogens is 204 g/mol. The molecule has 0 spiro atoms. The first kappa shape index (κ1) is 12.9. The maximum absolute atomic E-state index is 2.53. The van der Waals surface area contributed by atoms with E-state index >= 15 is 0 Å². The topological polar surface area (TPSA) is 0 Å². The quantitative estimate of drug-likeness (QED) is 0.601. The highest BCUT2D eigenvalue weighted by molar-refractivity contribution is 5.38. The van der Waals surface area contributed by atoms with Crippen molar-refractivity contribution in [2.75, 3.05) is 0 Å². The Morgan fingerprint density at radius 1 is 1.41 bits per heavy atom. The lowest BCUT2D eigenvalue weighted by Gasteiger charge is -2.48. The average Bonchev–Trinajstić information content (AvgIpc) is 2.35. The number of allylic oxidation sites excluding steroid dienone is 4. The van der Waals surface area contributed by atoms with Gasteiger partial charge in [0.05, 0.1) is 0 Å². The number of hydrogen-bond donors (Lipinski definition) is 0. The lowest BCUT2D eigenvalue weighted by atomic mass is 9.57. The molecule has 0 fully saturated rings. The fourth-order valence-electron chi connectivity index (χ4n) is 3.95. The first-order chi connectivity index (χ1) is 8.00. The van der Waals surface area contributed by atoms with Crippen molar-refractivity contribution in [1.82, 2.24) is 0 Å². The second-order valence-corrected chi connectivity index (χ2v) is 6.57. The normalized spacial score (nSPS) is 39.1. The van der Waals surface area contributed by atoms with E-state index in [0.717, 1.165) is 17.8 Å². The minimum Gasteiger partial charge on any atom is -0.0839 e. The summed E-state index contributed by atoms with van der Waals surface area (Å²) in [5.41, 5.74) is 3.93. The Morgan fingerprint density at radius 3 is 2.76 bits per heavy atom. The molecule has 0 saturated heterocycles. The Labute approximate surface area is 107 Å². The third-order valence-corrected chi connectivity index (χ3v) is 5.69. The van der Waals surface area contributed by atoms with E-state index in [4.69, 9.17) is 0 Å². The largest absolute Gasteiger partial charge is 0.0839 e. The van der Waals surface area contributed by atoms with E-state index in [1.54, 1.807) is 11.1 Å². The molecule has 4 unspecified atom stereocenters. The summed E-state index contributed by atoms with van der Waals surface area (Å²) in [7, 11) is 0. The van der Waals surface area contributed by atoms with Crippen molar-refractivity contribution in [3.8, 4) is 0 Å². The molecule has 0 N–H and O–H groups in total. The van der Waals surface area contributed by atoms with Gasteiger partial charge in [-0.15, -0.1) is 0 Å². The van der Waals surface area contributed by atoms with Crippen molar-refractivity contribution >= 4 is 0 Å². The van der Waals surface area contributed by atoms with E-state index < -0.39 is 0 Å². The van der Waals surface area contributed by atoms with Gasteiger partial charge in [-0.1, -0.05) is 58.8 Å². The first-order valence-corrected chi connectivity index (χ1v) is 7.40. The van der Waals surface area contributed by atoms with Crippen LogP contribution in [0.3, 0.4) is 0 Å². The summed E-state index contributed by atoms with van der Waals surface area (Å²) in [5, 5.41) is 0. The van der Waals surface area contributed by atoms with Gasteiger partial charge < -0.3 is 0 Å². The Morgan fingerprint density at radius 2 is 2.12 bits per heavy atom. The molecule has 17 heavy (non-hydrogen) atoms. The van der Waals surface area contributed by atoms with Crippen LogP contribution in [0.4, 0.5) is 0 Å². The molecule has 2 rings (SSSR count). The van der Waals surface area contributed by atoms with Crippen molar-refractivity contribution in [3.63, 3.8) is 0 Å². The van der Waals surface area contributed by atoms with E-state index in [0.29, 0.717) is 5.41 Å². The Kier molecular flexibility index (Phi) is 3.52. The van der Waals surface area contributed by atoms with Gasteiger partial charge in [0.2, 0.25) is 0 Å². The molecule has 2 aliphatic carbocycles. The van der Waals surface area contributed by atoms with Crippen LogP contribution in [0.15, 0.2) is 23.3 Å². The lowest BCUT2D eigenvalue weighted by molar-refractivity contribution is 0.151. The maximum atomic E-state index is 2.53. The van der Waals surface area contributed by atoms with E-state index in [1.165, 1.54) is 25.7 Å². The SMILES string of the molecule is CCC(C)C1(C)CC(C)C(C)C2=C1CCC=C2. The summed E-state index contributed by atoms with van der Waals surface area (Å²) in [6.45, 7) is 12.2. The van der Waals surface area contributed by atoms with E-state index in [2.05, 4.69) is 46.8 Å². The summed E-state index contributed by atoms with van der Waals surface area (Å²) in [6, 6.07) is 0. The van der Waals surface area contributed by atoms with Gasteiger partial charge in [0.15, 0.2) is 0 Å². The third kappa shape index (κ3) is 2.00. The molecule has 0 nitrogen and oxygen atoms in total. The van der Waals surface area contributed by atoms with Crippen molar-refractivity contribution in [1.29, 1.82) is 0 Å². The summed E-state index contributed by atoms with van der Waals surface area (Å²) in [5.74, 6) is 2.41. The third-order valence-electron chi connectivity index (χ3n) is 5.69. The second-order valence-electron chi connectivity index (χ2n) is 6.57. The standard InChI is InChI=1S/C17H28/c1-6-13(3)17(5)11-12(2)14(4)15-9-7-8-10-16(15)17/h7,9,12-14H,6,8,10-11H2,1-5H3. The van der Waals surface area contributed by atoms with Gasteiger partial charge in [0, 0.05) is 0 Å². The second kappa shape index (κ2) is 4.63. The van der Waals surface area contributed by atoms with Crippen molar-refractivity contribution in [2.24, 2.45) is 23.2 Å². The Bertz CT molecular complexity index is 347. The number of rotatable bonds is 2. The van der Waals surface area contributed by atoms with E-state index in [1.807, 2.05) is 0 Å². The Hall–Kier alpha value is -0.520. The molecule has 0 radical (unpaired) electrons. The van der Waals surface area contributed by atoms with Crippen LogP contribution < -0.4 is 0 Å². The van der Waals surface area contributed by atoms with E-state index in [-0.39, 0.29) is 0 Å². The van der Waals surface area contributed by atoms with Crippen LogP contribution in [0.25, 0.3) is 0 Å². The van der Waals surface area contributed by atoms with Crippen LogP contribution in [-0.2, 0) is 0 Å². The van der Waals surface area contributed by atoms with Gasteiger partial charge in [-0.2, -0.15) is 0 Å². The fourth-order valence-corrected chi connectivity index (χ4v) is 3.95. The molecule has 0 bridgehead atoms. The summed E-state index contributed by atoms with van der Waals surface area (Å²) in [6.07, 6.45) is 10.1. The molecule has 96 valence electrons. The van der Waals surface area contributed by atoms with Gasteiger partial charge in [0.25, 0.3) is 0 Å². The number of hydrogen-bond acceptors (Lipinski definition) is 0. The molecule has 2 aliphatic rings. The monoisotopic (exact) mass is 232 g/mol. The van der Waals surface area contributed by atoms with Crippen LogP contribution in [0, 0.1) is 23.2 Å². The van der Waals surface area contributed by atoms with E-state index in [9.17, 15) is 0 Å². The minimum absolute atomic E-state index is 0.459. The zero-order valence-corrected chi connectivity index (χ0v) is 12.2. The maximum Gasteiger partial charge on any atom is -0.00821 e. The molecular formula is C17H28. The van der Waals surface area contributed by atoms with Crippen LogP contribution in [0.1, 0.15) is 60.3 Å². The smallest absolute Gasteiger partial charge is 0.00821 e.